The van der Waals surface area contributed by atoms with Crippen LogP contribution in [0.5, 0.6) is 0 Å². The van der Waals surface area contributed by atoms with Crippen molar-refractivity contribution in [2.45, 2.75) is 0 Å². The van der Waals surface area contributed by atoms with E-state index in [2.05, 4.69) is 20.7 Å². The van der Waals surface area contributed by atoms with Gasteiger partial charge in [-0.15, -0.1) is 0 Å². The van der Waals surface area contributed by atoms with Crippen molar-refractivity contribution in [3.63, 3.8) is 0 Å². The van der Waals surface area contributed by atoms with Crippen LogP contribution >= 0.6 is 0 Å². The van der Waals surface area contributed by atoms with Crippen LogP contribution in [0, 0.1) is 17.5 Å². The lowest BCUT2D eigenvalue weighted by Gasteiger charge is -2.10. The zero-order valence-corrected chi connectivity index (χ0v) is 13.7. The molecule has 0 saturated heterocycles. The smallest absolute Gasteiger partial charge is 0.276 e. The summed E-state index contributed by atoms with van der Waals surface area (Å²) in [5, 5.41) is 9.84. The van der Waals surface area contributed by atoms with Crippen molar-refractivity contribution in [1.29, 1.82) is 0 Å². The van der Waals surface area contributed by atoms with Crippen LogP contribution in [0.1, 0.15) is 10.5 Å². The van der Waals surface area contributed by atoms with Gasteiger partial charge >= 0.3 is 0 Å². The molecule has 136 valence electrons. The third kappa shape index (κ3) is 3.03. The molecule has 0 bridgehead atoms. The first-order chi connectivity index (χ1) is 13.0. The van der Waals surface area contributed by atoms with Gasteiger partial charge < -0.3 is 10.6 Å². The van der Waals surface area contributed by atoms with Crippen molar-refractivity contribution < 1.29 is 18.0 Å². The minimum absolute atomic E-state index is 0.0342. The number of dihydropyridines is 1. The van der Waals surface area contributed by atoms with Crippen LogP contribution in [-0.4, -0.2) is 27.0 Å². The number of imidazole rings is 1. The second-order valence-electron chi connectivity index (χ2n) is 5.71. The SMILES string of the molecule is O=C(NC1=CCNC=C1)c1cnc2ccc(-c3ccc(F)c(F)c3F)nn12. The van der Waals surface area contributed by atoms with E-state index in [4.69, 9.17) is 0 Å². The summed E-state index contributed by atoms with van der Waals surface area (Å²) in [6, 6.07) is 4.82. The molecule has 0 spiro atoms. The third-order valence-electron chi connectivity index (χ3n) is 3.98. The summed E-state index contributed by atoms with van der Waals surface area (Å²) >= 11 is 0. The Balaban J connectivity index is 1.73. The number of hydrogen-bond donors (Lipinski definition) is 2. The first-order valence-electron chi connectivity index (χ1n) is 7.94. The van der Waals surface area contributed by atoms with Crippen molar-refractivity contribution in [3.8, 4) is 11.3 Å². The fourth-order valence-corrected chi connectivity index (χ4v) is 2.64. The fourth-order valence-electron chi connectivity index (χ4n) is 2.64. The Morgan fingerprint density at radius 2 is 2.00 bits per heavy atom. The van der Waals surface area contributed by atoms with Gasteiger partial charge in [0.1, 0.15) is 0 Å². The van der Waals surface area contributed by atoms with E-state index < -0.39 is 23.4 Å². The maximum Gasteiger partial charge on any atom is 0.276 e. The summed E-state index contributed by atoms with van der Waals surface area (Å²) in [5.41, 5.74) is 0.882. The molecule has 0 atom stereocenters. The van der Waals surface area contributed by atoms with E-state index in [0.717, 1.165) is 12.1 Å². The number of amides is 1. The Morgan fingerprint density at radius 3 is 2.78 bits per heavy atom. The molecule has 0 aliphatic carbocycles. The molecule has 2 N–H and O–H groups in total. The highest BCUT2D eigenvalue weighted by molar-refractivity contribution is 5.94. The Labute approximate surface area is 151 Å². The first-order valence-corrected chi connectivity index (χ1v) is 7.94. The molecule has 1 aliphatic heterocycles. The minimum Gasteiger partial charge on any atom is -0.387 e. The Kier molecular flexibility index (Phi) is 4.11. The van der Waals surface area contributed by atoms with E-state index in [0.29, 0.717) is 17.9 Å². The summed E-state index contributed by atoms with van der Waals surface area (Å²) in [5.74, 6) is -4.68. The highest BCUT2D eigenvalue weighted by Gasteiger charge is 2.18. The highest BCUT2D eigenvalue weighted by atomic mass is 19.2. The molecule has 1 aliphatic rings. The Hall–Kier alpha value is -3.62. The van der Waals surface area contributed by atoms with Gasteiger partial charge in [-0.05, 0) is 42.6 Å². The molecule has 2 aromatic heterocycles. The summed E-state index contributed by atoms with van der Waals surface area (Å²) < 4.78 is 42.0. The van der Waals surface area contributed by atoms with Crippen LogP contribution < -0.4 is 10.6 Å². The molecule has 4 rings (SSSR count). The van der Waals surface area contributed by atoms with Crippen molar-refractivity contribution in [1.82, 2.24) is 25.2 Å². The standard InChI is InChI=1S/C18H12F3N5O/c19-12-2-1-11(16(20)17(12)21)13-3-4-15-23-9-14(26(15)25-13)18(27)24-10-5-7-22-8-6-10/h1-7,9,22H,8H2,(H,24,27). The maximum atomic E-state index is 14.1. The second kappa shape index (κ2) is 6.60. The summed E-state index contributed by atoms with van der Waals surface area (Å²) in [6.07, 6.45) is 6.51. The van der Waals surface area contributed by atoms with Gasteiger partial charge in [-0.2, -0.15) is 5.10 Å². The molecule has 9 heteroatoms. The molecule has 0 saturated carbocycles. The molecular formula is C18H12F3N5O. The van der Waals surface area contributed by atoms with Gasteiger partial charge in [0.25, 0.3) is 5.91 Å². The lowest BCUT2D eigenvalue weighted by Crippen LogP contribution is -2.26. The molecule has 0 radical (unpaired) electrons. The van der Waals surface area contributed by atoms with E-state index >= 15 is 0 Å². The third-order valence-corrected chi connectivity index (χ3v) is 3.98. The average molecular weight is 371 g/mol. The van der Waals surface area contributed by atoms with Gasteiger partial charge in [-0.25, -0.2) is 22.7 Å². The highest BCUT2D eigenvalue weighted by Crippen LogP contribution is 2.24. The molecule has 1 aromatic carbocycles. The van der Waals surface area contributed by atoms with E-state index in [1.807, 2.05) is 0 Å². The molecule has 1 amide bonds. The molecule has 27 heavy (non-hydrogen) atoms. The number of carbonyl (C=O) groups excluding carboxylic acids is 1. The number of fused-ring (bicyclic) bond motifs is 1. The minimum atomic E-state index is -1.58. The van der Waals surface area contributed by atoms with Crippen LogP contribution in [-0.2, 0) is 0 Å². The largest absolute Gasteiger partial charge is 0.387 e. The van der Waals surface area contributed by atoms with Crippen LogP contribution in [0.15, 0.2) is 54.5 Å². The average Bonchev–Trinajstić information content (AvgIpc) is 3.10. The van der Waals surface area contributed by atoms with E-state index in [-0.39, 0.29) is 17.0 Å². The van der Waals surface area contributed by atoms with Crippen LogP contribution in [0.4, 0.5) is 13.2 Å². The van der Waals surface area contributed by atoms with Crippen molar-refractivity contribution >= 4 is 11.6 Å². The van der Waals surface area contributed by atoms with Gasteiger partial charge in [0, 0.05) is 17.8 Å². The Bertz CT molecular complexity index is 1120. The number of halogens is 3. The zero-order valence-electron chi connectivity index (χ0n) is 13.7. The lowest BCUT2D eigenvalue weighted by atomic mass is 10.1. The fraction of sp³-hybridized carbons (Fsp3) is 0.0556. The number of nitrogens with zero attached hydrogens (tertiary/aromatic N) is 3. The predicted molar refractivity (Wildman–Crippen MR) is 91.0 cm³/mol. The normalized spacial score (nSPS) is 13.4. The summed E-state index contributed by atoms with van der Waals surface area (Å²) in [6.45, 7) is 0.580. The van der Waals surface area contributed by atoms with Crippen molar-refractivity contribution in [2.24, 2.45) is 0 Å². The van der Waals surface area contributed by atoms with Gasteiger partial charge in [0.05, 0.1) is 11.9 Å². The summed E-state index contributed by atoms with van der Waals surface area (Å²) in [7, 11) is 0. The van der Waals surface area contributed by atoms with Crippen molar-refractivity contribution in [3.05, 3.63) is 77.7 Å². The first kappa shape index (κ1) is 16.8. The molecule has 0 fully saturated rings. The molecule has 0 unspecified atom stereocenters. The van der Waals surface area contributed by atoms with Crippen LogP contribution in [0.25, 0.3) is 16.9 Å². The predicted octanol–water partition coefficient (Wildman–Crippen LogP) is 2.54. The second-order valence-corrected chi connectivity index (χ2v) is 5.71. The Morgan fingerprint density at radius 1 is 1.15 bits per heavy atom. The number of allylic oxidation sites excluding steroid dienone is 1. The molecule has 3 aromatic rings. The van der Waals surface area contributed by atoms with Gasteiger partial charge in [0.15, 0.2) is 28.8 Å². The van der Waals surface area contributed by atoms with E-state index in [1.54, 1.807) is 18.4 Å². The number of aromatic nitrogens is 3. The number of nitrogens with one attached hydrogen (secondary N) is 2. The van der Waals surface area contributed by atoms with Crippen molar-refractivity contribution in [2.75, 3.05) is 6.54 Å². The monoisotopic (exact) mass is 371 g/mol. The van der Waals surface area contributed by atoms with Gasteiger partial charge in [-0.3, -0.25) is 4.79 Å². The van der Waals surface area contributed by atoms with Crippen LogP contribution in [0.3, 0.4) is 0 Å². The molecule has 3 heterocycles. The molecule has 6 nitrogen and oxygen atoms in total. The number of rotatable bonds is 3. The van der Waals surface area contributed by atoms with Crippen LogP contribution in [0.2, 0.25) is 0 Å². The summed E-state index contributed by atoms with van der Waals surface area (Å²) in [4.78, 5) is 16.6. The van der Waals surface area contributed by atoms with E-state index in [9.17, 15) is 18.0 Å². The van der Waals surface area contributed by atoms with Gasteiger partial charge in [-0.1, -0.05) is 0 Å². The number of carbonyl (C=O) groups is 1. The van der Waals surface area contributed by atoms with E-state index in [1.165, 1.54) is 22.8 Å². The topological polar surface area (TPSA) is 71.3 Å². The number of hydrogen-bond acceptors (Lipinski definition) is 4. The zero-order chi connectivity index (χ0) is 19.0. The molecular weight excluding hydrogens is 359 g/mol. The number of benzene rings is 1. The quantitative estimate of drug-likeness (QED) is 0.694. The van der Waals surface area contributed by atoms with Gasteiger partial charge in [0.2, 0.25) is 0 Å². The maximum absolute atomic E-state index is 14.1. The lowest BCUT2D eigenvalue weighted by molar-refractivity contribution is 0.0960.